The zero-order chi connectivity index (χ0) is 29.0. The minimum atomic E-state index is 1.23. The molecule has 0 atom stereocenters. The molecule has 0 unspecified atom stereocenters. The molecule has 0 aliphatic carbocycles. The van der Waals surface area contributed by atoms with E-state index in [0.29, 0.717) is 0 Å². The van der Waals surface area contributed by atoms with Gasteiger partial charge in [0.15, 0.2) is 0 Å². The van der Waals surface area contributed by atoms with E-state index in [9.17, 15) is 0 Å². The Morgan fingerprint density at radius 2 is 0.636 bits per heavy atom. The fraction of sp³-hybridized carbons (Fsp3) is 0. The van der Waals surface area contributed by atoms with E-state index in [4.69, 9.17) is 0 Å². The molecule has 9 aromatic rings. The maximum atomic E-state index is 2.38. The normalized spacial score (nSPS) is 11.6. The molecule has 0 aromatic heterocycles. The lowest BCUT2D eigenvalue weighted by Gasteiger charge is -2.14. The van der Waals surface area contributed by atoms with Crippen molar-refractivity contribution in [1.82, 2.24) is 0 Å². The van der Waals surface area contributed by atoms with Crippen LogP contribution < -0.4 is 0 Å². The van der Waals surface area contributed by atoms with Gasteiger partial charge >= 0.3 is 0 Å². The summed E-state index contributed by atoms with van der Waals surface area (Å²) >= 11 is 0. The average Bonchev–Trinajstić information content (AvgIpc) is 3.11. The summed E-state index contributed by atoms with van der Waals surface area (Å²) in [6.07, 6.45) is 0. The number of rotatable bonds is 3. The van der Waals surface area contributed by atoms with Crippen LogP contribution in [0.2, 0.25) is 0 Å². The van der Waals surface area contributed by atoms with Crippen LogP contribution in [0.3, 0.4) is 0 Å². The zero-order valence-corrected chi connectivity index (χ0v) is 24.2. The Morgan fingerprint density at radius 3 is 1.36 bits per heavy atom. The standard InChI is InChI=1S/C44H28/c1-2-15-35-29(10-1)11-8-20-36(35)34-23-22-30-12-9-21-37(43(30)28-34)33-14-7-13-31(26-33)32-24-25-42-40-18-4-3-16-38(40)39-17-5-6-19-41(39)44(42)27-32/h1-28H. The van der Waals surface area contributed by atoms with E-state index < -0.39 is 0 Å². The highest BCUT2D eigenvalue weighted by atomic mass is 14.2. The molecule has 9 aromatic carbocycles. The summed E-state index contributed by atoms with van der Waals surface area (Å²) in [7, 11) is 0. The van der Waals surface area contributed by atoms with Crippen molar-refractivity contribution >= 4 is 53.9 Å². The predicted molar refractivity (Wildman–Crippen MR) is 190 cm³/mol. The molecule has 44 heavy (non-hydrogen) atoms. The quantitative estimate of drug-likeness (QED) is 0.190. The second kappa shape index (κ2) is 9.93. The van der Waals surface area contributed by atoms with Gasteiger partial charge in [0.1, 0.15) is 0 Å². The van der Waals surface area contributed by atoms with Crippen molar-refractivity contribution < 1.29 is 0 Å². The van der Waals surface area contributed by atoms with Crippen LogP contribution in [0.1, 0.15) is 0 Å². The maximum Gasteiger partial charge on any atom is -0.00928 e. The van der Waals surface area contributed by atoms with Crippen LogP contribution in [0.4, 0.5) is 0 Å². The average molecular weight is 557 g/mol. The lowest BCUT2D eigenvalue weighted by Crippen LogP contribution is -1.87. The Hall–Kier alpha value is -5.72. The molecule has 0 saturated carbocycles. The molecule has 0 saturated heterocycles. The lowest BCUT2D eigenvalue weighted by atomic mass is 9.90. The number of benzene rings is 9. The van der Waals surface area contributed by atoms with Crippen LogP contribution in [0.5, 0.6) is 0 Å². The number of fused-ring (bicyclic) bond motifs is 8. The van der Waals surface area contributed by atoms with Crippen molar-refractivity contribution in [1.29, 1.82) is 0 Å². The Labute approximate surface area is 256 Å². The molecule has 0 heterocycles. The summed E-state index contributed by atoms with van der Waals surface area (Å²) < 4.78 is 0. The van der Waals surface area contributed by atoms with E-state index in [1.54, 1.807) is 0 Å². The first-order valence-corrected chi connectivity index (χ1v) is 15.3. The molecule has 0 aliphatic rings. The van der Waals surface area contributed by atoms with Gasteiger partial charge < -0.3 is 0 Å². The molecule has 0 heteroatoms. The van der Waals surface area contributed by atoms with Gasteiger partial charge in [-0.3, -0.25) is 0 Å². The summed E-state index contributed by atoms with van der Waals surface area (Å²) in [5.41, 5.74) is 7.45. The number of hydrogen-bond donors (Lipinski definition) is 0. The highest BCUT2D eigenvalue weighted by Gasteiger charge is 2.12. The SMILES string of the molecule is c1cc(-c2ccc3c4ccccc4c4ccccc4c3c2)cc(-c2cccc3ccc(-c4cccc5ccccc45)cc23)c1. The second-order valence-corrected chi connectivity index (χ2v) is 11.7. The van der Waals surface area contributed by atoms with Gasteiger partial charge in [-0.25, -0.2) is 0 Å². The van der Waals surface area contributed by atoms with Gasteiger partial charge in [-0.2, -0.15) is 0 Å². The van der Waals surface area contributed by atoms with Crippen LogP contribution in [0.25, 0.3) is 87.2 Å². The molecular weight excluding hydrogens is 528 g/mol. The monoisotopic (exact) mass is 556 g/mol. The second-order valence-electron chi connectivity index (χ2n) is 11.7. The van der Waals surface area contributed by atoms with E-state index >= 15 is 0 Å². The third kappa shape index (κ3) is 3.92. The van der Waals surface area contributed by atoms with Gasteiger partial charge in [-0.1, -0.05) is 152 Å². The molecule has 0 aliphatic heterocycles. The largest absolute Gasteiger partial charge is 0.0616 e. The van der Waals surface area contributed by atoms with Gasteiger partial charge in [-0.05, 0) is 105 Å². The third-order valence-electron chi connectivity index (χ3n) is 9.23. The van der Waals surface area contributed by atoms with Gasteiger partial charge in [0.25, 0.3) is 0 Å². The zero-order valence-electron chi connectivity index (χ0n) is 24.2. The van der Waals surface area contributed by atoms with Crippen LogP contribution >= 0.6 is 0 Å². The summed E-state index contributed by atoms with van der Waals surface area (Å²) in [4.78, 5) is 0. The van der Waals surface area contributed by atoms with E-state index in [1.807, 2.05) is 0 Å². The maximum absolute atomic E-state index is 2.38. The van der Waals surface area contributed by atoms with Gasteiger partial charge in [0, 0.05) is 0 Å². The van der Waals surface area contributed by atoms with Crippen molar-refractivity contribution in [3.05, 3.63) is 170 Å². The molecular formula is C44H28. The minimum absolute atomic E-state index is 1.23. The first kappa shape index (κ1) is 24.8. The van der Waals surface area contributed by atoms with Crippen LogP contribution in [0, 0.1) is 0 Å². The van der Waals surface area contributed by atoms with Crippen LogP contribution in [-0.4, -0.2) is 0 Å². The summed E-state index contributed by atoms with van der Waals surface area (Å²) in [5, 5.41) is 12.9. The molecule has 9 rings (SSSR count). The third-order valence-corrected chi connectivity index (χ3v) is 9.23. The first-order valence-electron chi connectivity index (χ1n) is 15.3. The summed E-state index contributed by atoms with van der Waals surface area (Å²) in [5.74, 6) is 0. The van der Waals surface area contributed by atoms with E-state index in [1.165, 1.54) is 87.2 Å². The molecule has 0 spiro atoms. The molecule has 0 N–H and O–H groups in total. The van der Waals surface area contributed by atoms with E-state index in [0.717, 1.165) is 0 Å². The van der Waals surface area contributed by atoms with Crippen LogP contribution in [0.15, 0.2) is 170 Å². The highest BCUT2D eigenvalue weighted by molar-refractivity contribution is 6.25. The Morgan fingerprint density at radius 1 is 0.205 bits per heavy atom. The molecule has 204 valence electrons. The highest BCUT2D eigenvalue weighted by Crippen LogP contribution is 2.39. The Bertz CT molecular complexity index is 2510. The molecule has 0 radical (unpaired) electrons. The number of hydrogen-bond acceptors (Lipinski definition) is 0. The van der Waals surface area contributed by atoms with Crippen molar-refractivity contribution in [2.24, 2.45) is 0 Å². The van der Waals surface area contributed by atoms with Crippen molar-refractivity contribution in [3.8, 4) is 33.4 Å². The van der Waals surface area contributed by atoms with Crippen molar-refractivity contribution in [2.45, 2.75) is 0 Å². The van der Waals surface area contributed by atoms with Gasteiger partial charge in [0.05, 0.1) is 0 Å². The molecule has 0 nitrogen and oxygen atoms in total. The Balaban J connectivity index is 1.20. The first-order chi connectivity index (χ1) is 21.8. The Kier molecular flexibility index (Phi) is 5.61. The molecule has 0 fully saturated rings. The topological polar surface area (TPSA) is 0 Å². The van der Waals surface area contributed by atoms with E-state index in [-0.39, 0.29) is 0 Å². The van der Waals surface area contributed by atoms with E-state index in [2.05, 4.69) is 170 Å². The summed E-state index contributed by atoms with van der Waals surface area (Å²) in [6.45, 7) is 0. The molecule has 0 amide bonds. The van der Waals surface area contributed by atoms with Crippen molar-refractivity contribution in [3.63, 3.8) is 0 Å². The molecule has 0 bridgehead atoms. The predicted octanol–water partition coefficient (Wildman–Crippen LogP) is 12.5. The fourth-order valence-electron chi connectivity index (χ4n) is 7.12. The van der Waals surface area contributed by atoms with Gasteiger partial charge in [-0.15, -0.1) is 0 Å². The van der Waals surface area contributed by atoms with Crippen molar-refractivity contribution in [2.75, 3.05) is 0 Å². The minimum Gasteiger partial charge on any atom is -0.0616 e. The lowest BCUT2D eigenvalue weighted by molar-refractivity contribution is 1.62. The summed E-state index contributed by atoms with van der Waals surface area (Å²) in [6, 6.07) is 62.3. The van der Waals surface area contributed by atoms with Crippen LogP contribution in [-0.2, 0) is 0 Å². The fourth-order valence-corrected chi connectivity index (χ4v) is 7.12. The van der Waals surface area contributed by atoms with Gasteiger partial charge in [0.2, 0.25) is 0 Å². The smallest absolute Gasteiger partial charge is 0.00928 e.